The number of isocyanates is 1. The highest BCUT2D eigenvalue weighted by Gasteiger charge is 2.20. The number of hydrogen-bond donors (Lipinski definition) is 0. The fourth-order valence-electron chi connectivity index (χ4n) is 6.67. The van der Waals surface area contributed by atoms with E-state index in [1.807, 2.05) is 0 Å². The second-order valence-corrected chi connectivity index (χ2v) is 13.1. The van der Waals surface area contributed by atoms with Gasteiger partial charge in [0.1, 0.15) is 0 Å². The van der Waals surface area contributed by atoms with Crippen LogP contribution in [0.3, 0.4) is 0 Å². The van der Waals surface area contributed by atoms with Crippen LogP contribution in [-0.2, 0) is 4.79 Å². The van der Waals surface area contributed by atoms with Crippen LogP contribution in [0.1, 0.15) is 220 Å². The van der Waals surface area contributed by atoms with Crippen molar-refractivity contribution < 1.29 is 4.79 Å². The lowest BCUT2D eigenvalue weighted by Crippen LogP contribution is -2.16. The van der Waals surface area contributed by atoms with Gasteiger partial charge in [-0.2, -0.15) is 0 Å². The van der Waals surface area contributed by atoms with E-state index in [1.54, 1.807) is 6.08 Å². The average molecular weight is 562 g/mol. The van der Waals surface area contributed by atoms with E-state index in [9.17, 15) is 4.79 Å². The van der Waals surface area contributed by atoms with Crippen LogP contribution in [0.25, 0.3) is 0 Å². The average Bonchev–Trinajstić information content (AvgIpc) is 2.96. The molecule has 0 N–H and O–H groups in total. The maximum Gasteiger partial charge on any atom is 0.234 e. The van der Waals surface area contributed by atoms with Gasteiger partial charge in [-0.1, -0.05) is 213 Å². The molecule has 0 saturated carbocycles. The summed E-state index contributed by atoms with van der Waals surface area (Å²) >= 11 is 0. The maximum atomic E-state index is 10.2. The minimum atomic E-state index is 0.670. The summed E-state index contributed by atoms with van der Waals surface area (Å²) in [6, 6.07) is 0. The highest BCUT2D eigenvalue weighted by atomic mass is 16.1. The van der Waals surface area contributed by atoms with Crippen LogP contribution in [0.15, 0.2) is 4.99 Å². The molecule has 0 aliphatic carbocycles. The van der Waals surface area contributed by atoms with Gasteiger partial charge in [0.05, 0.1) is 6.54 Å². The SMILES string of the molecule is CCCCCCCCCC(CCCCCCCCC)C(CCCCCCCCC)CCCCCCCCN=C=O. The molecule has 1 atom stereocenters. The summed E-state index contributed by atoms with van der Waals surface area (Å²) in [4.78, 5) is 13.9. The number of rotatable bonds is 34. The molecular weight excluding hydrogens is 486 g/mol. The van der Waals surface area contributed by atoms with Crippen molar-refractivity contribution in [1.29, 1.82) is 0 Å². The van der Waals surface area contributed by atoms with Crippen LogP contribution in [0, 0.1) is 11.8 Å². The van der Waals surface area contributed by atoms with Crippen LogP contribution in [0.5, 0.6) is 0 Å². The Balaban J connectivity index is 4.74. The Morgan fingerprint density at radius 1 is 0.375 bits per heavy atom. The molecule has 0 amide bonds. The second kappa shape index (κ2) is 34.6. The first kappa shape index (κ1) is 39.4. The van der Waals surface area contributed by atoms with E-state index in [0.717, 1.165) is 18.3 Å². The molecule has 0 aromatic carbocycles. The summed E-state index contributed by atoms with van der Waals surface area (Å²) in [6.45, 7) is 7.64. The molecule has 0 aliphatic rings. The predicted molar refractivity (Wildman–Crippen MR) is 180 cm³/mol. The first-order valence-corrected chi connectivity index (χ1v) is 18.8. The van der Waals surface area contributed by atoms with E-state index in [1.165, 1.54) is 193 Å². The van der Waals surface area contributed by atoms with E-state index in [0.29, 0.717) is 6.54 Å². The molecule has 0 aromatic rings. The summed E-state index contributed by atoms with van der Waals surface area (Å²) in [5.74, 6) is 1.95. The van der Waals surface area contributed by atoms with Gasteiger partial charge in [0.2, 0.25) is 6.08 Å². The van der Waals surface area contributed by atoms with Gasteiger partial charge in [-0.05, 0) is 18.3 Å². The summed E-state index contributed by atoms with van der Waals surface area (Å²) in [7, 11) is 0. The second-order valence-electron chi connectivity index (χ2n) is 13.1. The monoisotopic (exact) mass is 562 g/mol. The summed E-state index contributed by atoms with van der Waals surface area (Å²) in [5, 5.41) is 0. The Labute approximate surface area is 253 Å². The van der Waals surface area contributed by atoms with E-state index in [4.69, 9.17) is 0 Å². The van der Waals surface area contributed by atoms with Crippen LogP contribution in [-0.4, -0.2) is 12.6 Å². The van der Waals surface area contributed by atoms with Crippen molar-refractivity contribution in [3.63, 3.8) is 0 Å². The Kier molecular flexibility index (Phi) is 34.0. The van der Waals surface area contributed by atoms with Crippen molar-refractivity contribution in [3.8, 4) is 0 Å². The van der Waals surface area contributed by atoms with Crippen LogP contribution < -0.4 is 0 Å². The van der Waals surface area contributed by atoms with Gasteiger partial charge in [-0.15, -0.1) is 0 Å². The minimum absolute atomic E-state index is 0.670. The molecule has 0 aliphatic heterocycles. The zero-order valence-corrected chi connectivity index (χ0v) is 28.1. The number of carbonyl (C=O) groups excluding carboxylic acids is 1. The lowest BCUT2D eigenvalue weighted by molar-refractivity contribution is 0.236. The number of unbranched alkanes of at least 4 members (excludes halogenated alkanes) is 23. The highest BCUT2D eigenvalue weighted by molar-refractivity contribution is 5.32. The molecule has 0 aromatic heterocycles. The maximum absolute atomic E-state index is 10.2. The molecule has 0 rings (SSSR count). The molecule has 0 radical (unpaired) electrons. The van der Waals surface area contributed by atoms with Crippen LogP contribution in [0.4, 0.5) is 0 Å². The Hall–Kier alpha value is -0.620. The lowest BCUT2D eigenvalue weighted by atomic mass is 9.78. The van der Waals surface area contributed by atoms with Crippen LogP contribution >= 0.6 is 0 Å². The van der Waals surface area contributed by atoms with Gasteiger partial charge in [0.15, 0.2) is 0 Å². The molecule has 2 nitrogen and oxygen atoms in total. The molecule has 238 valence electrons. The summed E-state index contributed by atoms with van der Waals surface area (Å²) in [6.07, 6.45) is 45.6. The smallest absolute Gasteiger partial charge is 0.211 e. The topological polar surface area (TPSA) is 29.4 Å². The molecule has 0 saturated heterocycles. The minimum Gasteiger partial charge on any atom is -0.211 e. The van der Waals surface area contributed by atoms with Gasteiger partial charge in [-0.3, -0.25) is 0 Å². The molecule has 40 heavy (non-hydrogen) atoms. The van der Waals surface area contributed by atoms with Crippen molar-refractivity contribution in [1.82, 2.24) is 0 Å². The summed E-state index contributed by atoms with van der Waals surface area (Å²) < 4.78 is 0. The van der Waals surface area contributed by atoms with E-state index in [-0.39, 0.29) is 0 Å². The predicted octanol–water partition coefficient (Wildman–Crippen LogP) is 13.7. The summed E-state index contributed by atoms with van der Waals surface area (Å²) in [5.41, 5.74) is 0. The first-order valence-electron chi connectivity index (χ1n) is 18.8. The third-order valence-electron chi connectivity index (χ3n) is 9.36. The highest BCUT2D eigenvalue weighted by Crippen LogP contribution is 2.33. The number of aliphatic imine (C=N–C) groups is 1. The van der Waals surface area contributed by atoms with Gasteiger partial charge in [0, 0.05) is 0 Å². The first-order chi connectivity index (χ1) is 19.8. The Bertz CT molecular complexity index is 494. The molecule has 0 spiro atoms. The van der Waals surface area contributed by atoms with Crippen molar-refractivity contribution in [3.05, 3.63) is 0 Å². The molecule has 2 heteroatoms. The molecular formula is C38H75NO. The Morgan fingerprint density at radius 2 is 0.625 bits per heavy atom. The molecule has 0 heterocycles. The normalized spacial score (nSPS) is 12.2. The van der Waals surface area contributed by atoms with Crippen molar-refractivity contribution >= 4 is 6.08 Å². The van der Waals surface area contributed by atoms with E-state index in [2.05, 4.69) is 25.8 Å². The zero-order valence-electron chi connectivity index (χ0n) is 28.1. The lowest BCUT2D eigenvalue weighted by Gasteiger charge is -2.28. The zero-order chi connectivity index (χ0) is 29.2. The Morgan fingerprint density at radius 3 is 0.900 bits per heavy atom. The van der Waals surface area contributed by atoms with Crippen molar-refractivity contribution in [2.45, 2.75) is 220 Å². The molecule has 0 bridgehead atoms. The van der Waals surface area contributed by atoms with Crippen LogP contribution in [0.2, 0.25) is 0 Å². The number of nitrogens with zero attached hydrogens (tertiary/aromatic N) is 1. The largest absolute Gasteiger partial charge is 0.234 e. The number of hydrogen-bond acceptors (Lipinski definition) is 2. The van der Waals surface area contributed by atoms with Crippen molar-refractivity contribution in [2.75, 3.05) is 6.54 Å². The quantitative estimate of drug-likeness (QED) is 0.0436. The van der Waals surface area contributed by atoms with Gasteiger partial charge in [0.25, 0.3) is 0 Å². The third kappa shape index (κ3) is 28.9. The van der Waals surface area contributed by atoms with Gasteiger partial charge >= 0.3 is 0 Å². The molecule has 1 unspecified atom stereocenters. The third-order valence-corrected chi connectivity index (χ3v) is 9.36. The van der Waals surface area contributed by atoms with E-state index >= 15 is 0 Å². The standard InChI is InChI=1S/C38H75NO/c1-4-7-10-13-16-21-26-31-37(32-27-22-17-14-11-8-5-2)38(33-28-23-18-15-12-9-6-3)34-29-24-19-20-25-30-35-39-36-40/h37-38H,4-35H2,1-3H3. The molecule has 0 fully saturated rings. The van der Waals surface area contributed by atoms with Crippen molar-refractivity contribution in [2.24, 2.45) is 16.8 Å². The van der Waals surface area contributed by atoms with E-state index < -0.39 is 0 Å². The fraction of sp³-hybridized carbons (Fsp3) is 0.974. The fourth-order valence-corrected chi connectivity index (χ4v) is 6.67. The van der Waals surface area contributed by atoms with Gasteiger partial charge in [-0.25, -0.2) is 9.79 Å². The van der Waals surface area contributed by atoms with Gasteiger partial charge < -0.3 is 0 Å².